The van der Waals surface area contributed by atoms with Crippen LogP contribution in [0.3, 0.4) is 0 Å². The Hall–Kier alpha value is -1.11. The van der Waals surface area contributed by atoms with Gasteiger partial charge >= 0.3 is 5.97 Å². The second-order valence-corrected chi connectivity index (χ2v) is 7.48. The van der Waals surface area contributed by atoms with Crippen molar-refractivity contribution < 1.29 is 23.1 Å². The van der Waals surface area contributed by atoms with Gasteiger partial charge in [0.15, 0.2) is 9.84 Å². The van der Waals surface area contributed by atoms with Crippen LogP contribution in [0.25, 0.3) is 0 Å². The highest BCUT2D eigenvalue weighted by molar-refractivity contribution is 7.92. The monoisotopic (exact) mass is 265 g/mol. The number of carbonyl (C=O) groups excluding carboxylic acids is 1. The lowest BCUT2D eigenvalue weighted by atomic mass is 9.86. The number of carboxylic acid groups (broad SMARTS) is 1. The molecule has 0 aliphatic heterocycles. The van der Waals surface area contributed by atoms with E-state index in [4.69, 9.17) is 5.11 Å². The summed E-state index contributed by atoms with van der Waals surface area (Å²) in [5.74, 6) is -1.98. The predicted molar refractivity (Wildman–Crippen MR) is 63.3 cm³/mol. The number of nitrogens with one attached hydrogen (secondary N) is 1. The molecule has 6 nitrogen and oxygen atoms in total. The van der Waals surface area contributed by atoms with Crippen molar-refractivity contribution >= 4 is 21.7 Å². The summed E-state index contributed by atoms with van der Waals surface area (Å²) < 4.78 is 22.3. The lowest BCUT2D eigenvalue weighted by Gasteiger charge is -2.28. The Balaban J connectivity index is 4.94. The molecule has 0 fully saturated rings. The molecule has 1 amide bonds. The Labute approximate surface area is 101 Å². The number of hydrogen-bond acceptors (Lipinski definition) is 4. The van der Waals surface area contributed by atoms with E-state index in [-0.39, 0.29) is 0 Å². The minimum Gasteiger partial charge on any atom is -0.480 e. The number of rotatable bonds is 4. The van der Waals surface area contributed by atoms with Gasteiger partial charge in [0.05, 0.1) is 0 Å². The molecule has 2 N–H and O–H groups in total. The molecule has 0 saturated heterocycles. The second-order valence-electron chi connectivity index (χ2n) is 5.12. The Morgan fingerprint density at radius 3 is 1.88 bits per heavy atom. The molecule has 0 bridgehead atoms. The molecule has 100 valence electrons. The molecule has 0 saturated carbocycles. The van der Waals surface area contributed by atoms with Crippen molar-refractivity contribution in [3.63, 3.8) is 0 Å². The number of carbonyl (C=O) groups is 2. The lowest BCUT2D eigenvalue weighted by Crippen LogP contribution is -2.52. The van der Waals surface area contributed by atoms with Gasteiger partial charge in [-0.3, -0.25) is 4.79 Å². The van der Waals surface area contributed by atoms with E-state index in [9.17, 15) is 18.0 Å². The van der Waals surface area contributed by atoms with Gasteiger partial charge in [-0.2, -0.15) is 0 Å². The van der Waals surface area contributed by atoms with Gasteiger partial charge < -0.3 is 10.4 Å². The molecule has 7 heteroatoms. The van der Waals surface area contributed by atoms with Gasteiger partial charge in [0.25, 0.3) is 0 Å². The van der Waals surface area contributed by atoms with Crippen molar-refractivity contribution in [1.29, 1.82) is 0 Å². The van der Waals surface area contributed by atoms with E-state index < -0.39 is 38.4 Å². The first-order chi connectivity index (χ1) is 7.37. The average Bonchev–Trinajstić information content (AvgIpc) is 2.08. The molecular formula is C10H19NO5S. The van der Waals surface area contributed by atoms with Gasteiger partial charge in [-0.1, -0.05) is 20.8 Å². The van der Waals surface area contributed by atoms with Crippen molar-refractivity contribution in [3.8, 4) is 0 Å². The summed E-state index contributed by atoms with van der Waals surface area (Å²) >= 11 is 0. The summed E-state index contributed by atoms with van der Waals surface area (Å²) in [7, 11) is -3.52. The third-order valence-corrected chi connectivity index (χ3v) is 3.91. The normalized spacial score (nSPS) is 16.1. The SMILES string of the molecule is CC(C(=O)NC(C(=O)O)C(C)(C)C)S(C)(=O)=O. The summed E-state index contributed by atoms with van der Waals surface area (Å²) in [5.41, 5.74) is -0.696. The van der Waals surface area contributed by atoms with Crippen LogP contribution in [0.1, 0.15) is 27.7 Å². The second kappa shape index (κ2) is 5.03. The molecule has 0 radical (unpaired) electrons. The fraction of sp³-hybridized carbons (Fsp3) is 0.800. The molecule has 2 atom stereocenters. The molecule has 0 aromatic heterocycles. The summed E-state index contributed by atoms with van der Waals surface area (Å²) in [6.45, 7) is 6.18. The highest BCUT2D eigenvalue weighted by Crippen LogP contribution is 2.19. The molecule has 0 aromatic rings. The third kappa shape index (κ3) is 4.72. The van der Waals surface area contributed by atoms with E-state index in [0.717, 1.165) is 6.26 Å². The molecule has 17 heavy (non-hydrogen) atoms. The smallest absolute Gasteiger partial charge is 0.326 e. The van der Waals surface area contributed by atoms with Crippen LogP contribution in [0, 0.1) is 5.41 Å². The van der Waals surface area contributed by atoms with Crippen LogP contribution in [0.5, 0.6) is 0 Å². The van der Waals surface area contributed by atoms with Crippen LogP contribution in [0.2, 0.25) is 0 Å². The van der Waals surface area contributed by atoms with Gasteiger partial charge in [-0.25, -0.2) is 13.2 Å². The minimum absolute atomic E-state index is 0.696. The molecule has 0 aromatic carbocycles. The van der Waals surface area contributed by atoms with Crippen molar-refractivity contribution in [3.05, 3.63) is 0 Å². The van der Waals surface area contributed by atoms with Gasteiger partial charge in [-0.05, 0) is 12.3 Å². The average molecular weight is 265 g/mol. The Morgan fingerprint density at radius 2 is 1.65 bits per heavy atom. The van der Waals surface area contributed by atoms with Crippen LogP contribution in [-0.2, 0) is 19.4 Å². The van der Waals surface area contributed by atoms with Crippen LogP contribution < -0.4 is 5.32 Å². The minimum atomic E-state index is -3.52. The molecule has 2 unspecified atom stereocenters. The summed E-state index contributed by atoms with van der Waals surface area (Å²) in [4.78, 5) is 22.6. The fourth-order valence-electron chi connectivity index (χ4n) is 1.10. The zero-order chi connectivity index (χ0) is 14.0. The highest BCUT2D eigenvalue weighted by Gasteiger charge is 2.35. The zero-order valence-corrected chi connectivity index (χ0v) is 11.5. The highest BCUT2D eigenvalue weighted by atomic mass is 32.2. The van der Waals surface area contributed by atoms with Crippen LogP contribution in [-0.4, -0.2) is 42.9 Å². The predicted octanol–water partition coefficient (Wildman–Crippen LogP) is 0.0350. The first-order valence-corrected chi connectivity index (χ1v) is 7.05. The largest absolute Gasteiger partial charge is 0.480 e. The molecule has 0 aliphatic carbocycles. The first-order valence-electron chi connectivity index (χ1n) is 5.09. The quantitative estimate of drug-likeness (QED) is 0.747. The van der Waals surface area contributed by atoms with Crippen molar-refractivity contribution in [2.24, 2.45) is 5.41 Å². The Kier molecular flexibility index (Phi) is 4.70. The maximum Gasteiger partial charge on any atom is 0.326 e. The molecule has 0 rings (SSSR count). The van der Waals surface area contributed by atoms with Crippen LogP contribution in [0.4, 0.5) is 0 Å². The maximum atomic E-state index is 11.6. The molecule has 0 spiro atoms. The van der Waals surface area contributed by atoms with Crippen molar-refractivity contribution in [1.82, 2.24) is 5.32 Å². The summed E-state index contributed by atoms with van der Waals surface area (Å²) in [5, 5.41) is 9.97. The zero-order valence-electron chi connectivity index (χ0n) is 10.6. The maximum absolute atomic E-state index is 11.6. The molecular weight excluding hydrogens is 246 g/mol. The number of aliphatic carboxylic acids is 1. The van der Waals surface area contributed by atoms with E-state index >= 15 is 0 Å². The topological polar surface area (TPSA) is 101 Å². The van der Waals surface area contributed by atoms with Crippen LogP contribution >= 0.6 is 0 Å². The molecule has 0 heterocycles. The van der Waals surface area contributed by atoms with E-state index in [1.54, 1.807) is 20.8 Å². The Morgan fingerprint density at radius 1 is 1.24 bits per heavy atom. The van der Waals surface area contributed by atoms with E-state index in [1.807, 2.05) is 0 Å². The number of amides is 1. The molecule has 0 aliphatic rings. The summed E-state index contributed by atoms with van der Waals surface area (Å²) in [6.07, 6.45) is 0.935. The number of carboxylic acids is 1. The standard InChI is InChI=1S/C10H19NO5S/c1-6(17(5,15)16)8(12)11-7(9(13)14)10(2,3)4/h6-7H,1-5H3,(H,11,12)(H,13,14). The van der Waals surface area contributed by atoms with Gasteiger partial charge in [0.1, 0.15) is 11.3 Å². The lowest BCUT2D eigenvalue weighted by molar-refractivity contribution is -0.144. The van der Waals surface area contributed by atoms with E-state index in [2.05, 4.69) is 5.32 Å². The van der Waals surface area contributed by atoms with Crippen molar-refractivity contribution in [2.75, 3.05) is 6.26 Å². The van der Waals surface area contributed by atoms with Crippen molar-refractivity contribution in [2.45, 2.75) is 39.0 Å². The van der Waals surface area contributed by atoms with Crippen LogP contribution in [0.15, 0.2) is 0 Å². The van der Waals surface area contributed by atoms with Gasteiger partial charge in [0.2, 0.25) is 5.91 Å². The Bertz CT molecular complexity index is 407. The first kappa shape index (κ1) is 15.9. The number of hydrogen-bond donors (Lipinski definition) is 2. The van der Waals surface area contributed by atoms with E-state index in [0.29, 0.717) is 0 Å². The summed E-state index contributed by atoms with van der Waals surface area (Å²) in [6, 6.07) is -1.13. The van der Waals surface area contributed by atoms with Gasteiger partial charge in [-0.15, -0.1) is 0 Å². The third-order valence-electron chi connectivity index (χ3n) is 2.41. The fourth-order valence-corrected chi connectivity index (χ4v) is 1.56. The number of sulfone groups is 1. The van der Waals surface area contributed by atoms with Gasteiger partial charge in [0, 0.05) is 6.26 Å². The van der Waals surface area contributed by atoms with E-state index in [1.165, 1.54) is 6.92 Å².